The van der Waals surface area contributed by atoms with Crippen molar-refractivity contribution in [2.75, 3.05) is 21.3 Å². The molecule has 2 heterocycles. The van der Waals surface area contributed by atoms with Gasteiger partial charge in [-0.1, -0.05) is 12.1 Å². The van der Waals surface area contributed by atoms with Gasteiger partial charge in [-0.15, -0.1) is 0 Å². The van der Waals surface area contributed by atoms with Gasteiger partial charge in [0.05, 0.1) is 0 Å². The van der Waals surface area contributed by atoms with Crippen LogP contribution in [-0.2, 0) is 0 Å². The summed E-state index contributed by atoms with van der Waals surface area (Å²) in [5.74, 6) is 0. The molecule has 4 aromatic rings. The van der Waals surface area contributed by atoms with E-state index < -0.39 is 0 Å². The molecule has 2 amide bonds. The third-order valence-corrected chi connectivity index (χ3v) is 4.40. The van der Waals surface area contributed by atoms with E-state index in [1.54, 1.807) is 18.6 Å². The van der Waals surface area contributed by atoms with Crippen molar-refractivity contribution < 1.29 is 4.79 Å². The number of carbonyl (C=O) groups excluding carboxylic acids is 1. The van der Waals surface area contributed by atoms with Gasteiger partial charge in [0, 0.05) is 58.4 Å². The SMILES string of the molecule is Cc1cc(Nc2cccc(NC(=O)Nc3cccc(Nc4ccncc4)c3)c2)ccn1. The Balaban J connectivity index is 1.38. The average molecular weight is 410 g/mol. The molecular formula is C24H22N6O. The Morgan fingerprint density at radius 2 is 1.16 bits per heavy atom. The summed E-state index contributed by atoms with van der Waals surface area (Å²) in [6.45, 7) is 1.94. The van der Waals surface area contributed by atoms with Gasteiger partial charge in [-0.25, -0.2) is 4.79 Å². The summed E-state index contributed by atoms with van der Waals surface area (Å²) >= 11 is 0. The Morgan fingerprint density at radius 1 is 0.645 bits per heavy atom. The number of hydrogen-bond donors (Lipinski definition) is 4. The highest BCUT2D eigenvalue weighted by Gasteiger charge is 2.05. The van der Waals surface area contributed by atoms with Crippen LogP contribution in [0.15, 0.2) is 91.4 Å². The van der Waals surface area contributed by atoms with Crippen molar-refractivity contribution in [3.8, 4) is 0 Å². The fourth-order valence-electron chi connectivity index (χ4n) is 3.03. The molecular weight excluding hydrogens is 388 g/mol. The molecule has 0 bridgehead atoms. The maximum Gasteiger partial charge on any atom is 0.323 e. The van der Waals surface area contributed by atoms with Crippen LogP contribution in [0.5, 0.6) is 0 Å². The van der Waals surface area contributed by atoms with Crippen LogP contribution in [0.1, 0.15) is 5.69 Å². The molecule has 2 aromatic heterocycles. The number of nitrogens with one attached hydrogen (secondary N) is 4. The lowest BCUT2D eigenvalue weighted by Crippen LogP contribution is -2.19. The van der Waals surface area contributed by atoms with Crippen LogP contribution in [0, 0.1) is 6.92 Å². The van der Waals surface area contributed by atoms with Gasteiger partial charge >= 0.3 is 6.03 Å². The molecule has 31 heavy (non-hydrogen) atoms. The second-order valence-corrected chi connectivity index (χ2v) is 6.91. The molecule has 7 nitrogen and oxygen atoms in total. The van der Waals surface area contributed by atoms with E-state index >= 15 is 0 Å². The third kappa shape index (κ3) is 5.80. The number of anilines is 6. The number of urea groups is 1. The van der Waals surface area contributed by atoms with Crippen LogP contribution in [0.2, 0.25) is 0 Å². The summed E-state index contributed by atoms with van der Waals surface area (Å²) in [5.41, 5.74) is 5.88. The average Bonchev–Trinajstić information content (AvgIpc) is 2.75. The smallest absolute Gasteiger partial charge is 0.323 e. The molecule has 0 unspecified atom stereocenters. The molecule has 0 radical (unpaired) electrons. The second kappa shape index (κ2) is 9.41. The predicted molar refractivity (Wildman–Crippen MR) is 125 cm³/mol. The van der Waals surface area contributed by atoms with Gasteiger partial charge in [-0.3, -0.25) is 9.97 Å². The molecule has 0 aliphatic carbocycles. The molecule has 0 fully saturated rings. The fraction of sp³-hybridized carbons (Fsp3) is 0.0417. The van der Waals surface area contributed by atoms with Crippen molar-refractivity contribution in [1.82, 2.24) is 9.97 Å². The topological polar surface area (TPSA) is 91.0 Å². The molecule has 0 spiro atoms. The minimum Gasteiger partial charge on any atom is -0.355 e. The first-order valence-corrected chi connectivity index (χ1v) is 9.79. The van der Waals surface area contributed by atoms with Gasteiger partial charge < -0.3 is 21.3 Å². The van der Waals surface area contributed by atoms with E-state index in [0.717, 1.165) is 28.4 Å². The van der Waals surface area contributed by atoms with Gasteiger partial charge in [0.15, 0.2) is 0 Å². The summed E-state index contributed by atoms with van der Waals surface area (Å²) in [4.78, 5) is 20.7. The molecule has 0 saturated heterocycles. The summed E-state index contributed by atoms with van der Waals surface area (Å²) in [6.07, 6.45) is 5.19. The van der Waals surface area contributed by atoms with Crippen molar-refractivity contribution in [1.29, 1.82) is 0 Å². The minimum atomic E-state index is -0.321. The summed E-state index contributed by atoms with van der Waals surface area (Å²) in [5, 5.41) is 12.3. The number of aryl methyl sites for hydroxylation is 1. The zero-order valence-corrected chi connectivity index (χ0v) is 17.0. The fourth-order valence-corrected chi connectivity index (χ4v) is 3.03. The highest BCUT2D eigenvalue weighted by atomic mass is 16.2. The number of rotatable bonds is 6. The zero-order chi connectivity index (χ0) is 21.5. The first kappa shape index (κ1) is 19.9. The Morgan fingerprint density at radius 3 is 1.77 bits per heavy atom. The Bertz CT molecular complexity index is 1180. The Labute approximate surface area is 180 Å². The normalized spacial score (nSPS) is 10.2. The van der Waals surface area contributed by atoms with Crippen LogP contribution in [-0.4, -0.2) is 16.0 Å². The lowest BCUT2D eigenvalue weighted by atomic mass is 10.2. The summed E-state index contributed by atoms with van der Waals surface area (Å²) in [6, 6.07) is 22.3. The van der Waals surface area contributed by atoms with E-state index in [1.165, 1.54) is 0 Å². The first-order valence-electron chi connectivity index (χ1n) is 9.79. The third-order valence-electron chi connectivity index (χ3n) is 4.40. The van der Waals surface area contributed by atoms with E-state index in [9.17, 15) is 4.79 Å². The number of amides is 2. The van der Waals surface area contributed by atoms with Crippen LogP contribution >= 0.6 is 0 Å². The molecule has 0 aliphatic heterocycles. The Hall–Kier alpha value is -4.39. The molecule has 4 rings (SSSR count). The number of aromatic nitrogens is 2. The molecule has 7 heteroatoms. The van der Waals surface area contributed by atoms with Gasteiger partial charge in [0.2, 0.25) is 0 Å². The van der Waals surface area contributed by atoms with Gasteiger partial charge in [0.1, 0.15) is 0 Å². The number of benzene rings is 2. The lowest BCUT2D eigenvalue weighted by molar-refractivity contribution is 0.262. The maximum atomic E-state index is 12.5. The maximum absolute atomic E-state index is 12.5. The van der Waals surface area contributed by atoms with Crippen molar-refractivity contribution in [3.63, 3.8) is 0 Å². The monoisotopic (exact) mass is 410 g/mol. The number of pyridine rings is 2. The van der Waals surface area contributed by atoms with E-state index in [-0.39, 0.29) is 6.03 Å². The molecule has 154 valence electrons. The van der Waals surface area contributed by atoms with Gasteiger partial charge in [0.25, 0.3) is 0 Å². The summed E-state index contributed by atoms with van der Waals surface area (Å²) in [7, 11) is 0. The zero-order valence-electron chi connectivity index (χ0n) is 17.0. The van der Waals surface area contributed by atoms with E-state index in [0.29, 0.717) is 11.4 Å². The Kier molecular flexibility index (Phi) is 6.04. The largest absolute Gasteiger partial charge is 0.355 e. The van der Waals surface area contributed by atoms with Crippen LogP contribution in [0.4, 0.5) is 38.9 Å². The predicted octanol–water partition coefficient (Wildman–Crippen LogP) is 5.92. The first-order chi connectivity index (χ1) is 15.1. The highest BCUT2D eigenvalue weighted by molar-refractivity contribution is 6.00. The molecule has 0 aliphatic rings. The number of hydrogen-bond acceptors (Lipinski definition) is 5. The lowest BCUT2D eigenvalue weighted by Gasteiger charge is -2.12. The van der Waals surface area contributed by atoms with E-state index in [2.05, 4.69) is 31.2 Å². The van der Waals surface area contributed by atoms with E-state index in [4.69, 9.17) is 0 Å². The molecule has 0 atom stereocenters. The standard InChI is InChI=1S/C24H22N6O/c1-17-14-23(10-13-26-17)28-20-5-3-7-22(16-20)30-24(31)29-21-6-2-4-19(15-21)27-18-8-11-25-12-9-18/h2-16H,1H3,(H,25,27)(H,26,28)(H2,29,30,31). The van der Waals surface area contributed by atoms with Crippen LogP contribution in [0.3, 0.4) is 0 Å². The van der Waals surface area contributed by atoms with Crippen molar-refractivity contribution in [3.05, 3.63) is 97.1 Å². The number of nitrogens with zero attached hydrogens (tertiary/aromatic N) is 2. The van der Waals surface area contributed by atoms with Crippen molar-refractivity contribution in [2.24, 2.45) is 0 Å². The van der Waals surface area contributed by atoms with Gasteiger partial charge in [-0.05, 0) is 67.6 Å². The highest BCUT2D eigenvalue weighted by Crippen LogP contribution is 2.22. The summed E-state index contributed by atoms with van der Waals surface area (Å²) < 4.78 is 0. The van der Waals surface area contributed by atoms with Gasteiger partial charge in [-0.2, -0.15) is 0 Å². The quantitative estimate of drug-likeness (QED) is 0.317. The molecule has 2 aromatic carbocycles. The number of carbonyl (C=O) groups is 1. The molecule has 4 N–H and O–H groups in total. The second-order valence-electron chi connectivity index (χ2n) is 6.91. The molecule has 0 saturated carbocycles. The van der Waals surface area contributed by atoms with Crippen molar-refractivity contribution >= 4 is 40.2 Å². The van der Waals surface area contributed by atoms with Crippen LogP contribution < -0.4 is 21.3 Å². The van der Waals surface area contributed by atoms with Crippen molar-refractivity contribution in [2.45, 2.75) is 6.92 Å². The van der Waals surface area contributed by atoms with Crippen LogP contribution in [0.25, 0.3) is 0 Å². The minimum absolute atomic E-state index is 0.321. The van der Waals surface area contributed by atoms with E-state index in [1.807, 2.05) is 79.7 Å².